The molecular weight excluding hydrogens is 312 g/mol. The lowest BCUT2D eigenvalue weighted by atomic mass is 10.0. The summed E-state index contributed by atoms with van der Waals surface area (Å²) < 4.78 is 7.72. The van der Waals surface area contributed by atoms with Crippen LogP contribution < -0.4 is 5.32 Å². The minimum atomic E-state index is 0.0210. The van der Waals surface area contributed by atoms with Gasteiger partial charge in [-0.2, -0.15) is 0 Å². The molecule has 2 aliphatic rings. The third-order valence-electron chi connectivity index (χ3n) is 4.67. The highest BCUT2D eigenvalue weighted by molar-refractivity contribution is 7.98. The van der Waals surface area contributed by atoms with Crippen molar-refractivity contribution in [2.24, 2.45) is 18.9 Å². The number of nitrogens with one attached hydrogen (secondary N) is 1. The van der Waals surface area contributed by atoms with Crippen molar-refractivity contribution in [1.82, 2.24) is 19.8 Å². The lowest BCUT2D eigenvalue weighted by Crippen LogP contribution is -2.31. The van der Waals surface area contributed by atoms with E-state index in [0.29, 0.717) is 23.3 Å². The number of hydrogen-bond acceptors (Lipinski definition) is 5. The molecule has 0 aromatic carbocycles. The van der Waals surface area contributed by atoms with Gasteiger partial charge in [-0.15, -0.1) is 0 Å². The molecule has 7 heteroatoms. The maximum atomic E-state index is 12.6. The van der Waals surface area contributed by atoms with E-state index in [1.54, 1.807) is 24.0 Å². The molecule has 122 valence electrons. The molecule has 0 aliphatic carbocycles. The smallest absolute Gasteiger partial charge is 0.289 e. The molecule has 4 heterocycles. The second kappa shape index (κ2) is 6.05. The first kappa shape index (κ1) is 14.8. The predicted octanol–water partition coefficient (Wildman–Crippen LogP) is 1.60. The van der Waals surface area contributed by atoms with Crippen LogP contribution >= 0.6 is 11.8 Å². The number of carbonyl (C=O) groups is 1. The normalized spacial score (nSPS) is 23.4. The van der Waals surface area contributed by atoms with Gasteiger partial charge in [0.05, 0.1) is 5.75 Å². The number of rotatable bonds is 4. The summed E-state index contributed by atoms with van der Waals surface area (Å²) in [7, 11) is 1.96. The quantitative estimate of drug-likeness (QED) is 0.862. The number of imidazole rings is 1. The Balaban J connectivity index is 1.38. The van der Waals surface area contributed by atoms with Crippen LogP contribution in [0.2, 0.25) is 0 Å². The molecule has 6 nitrogen and oxygen atoms in total. The van der Waals surface area contributed by atoms with Gasteiger partial charge in [-0.05, 0) is 24.0 Å². The highest BCUT2D eigenvalue weighted by Crippen LogP contribution is 2.28. The summed E-state index contributed by atoms with van der Waals surface area (Å²) in [5.74, 6) is 3.16. The first-order valence-corrected chi connectivity index (χ1v) is 8.88. The van der Waals surface area contributed by atoms with Crippen LogP contribution in [0.5, 0.6) is 0 Å². The summed E-state index contributed by atoms with van der Waals surface area (Å²) in [6.07, 6.45) is 3.69. The second-order valence-electron chi connectivity index (χ2n) is 6.26. The minimum Gasteiger partial charge on any atom is -0.455 e. The Bertz CT molecular complexity index is 699. The largest absolute Gasteiger partial charge is 0.455 e. The molecule has 2 saturated heterocycles. The van der Waals surface area contributed by atoms with Crippen molar-refractivity contribution in [2.75, 3.05) is 26.2 Å². The third-order valence-corrected chi connectivity index (χ3v) is 5.75. The van der Waals surface area contributed by atoms with Crippen molar-refractivity contribution in [2.45, 2.75) is 10.9 Å². The van der Waals surface area contributed by atoms with Gasteiger partial charge in [0.25, 0.3) is 5.91 Å². The van der Waals surface area contributed by atoms with Crippen LogP contribution in [0.15, 0.2) is 34.1 Å². The molecule has 0 saturated carbocycles. The average molecular weight is 332 g/mol. The molecule has 0 radical (unpaired) electrons. The van der Waals surface area contributed by atoms with E-state index in [1.807, 2.05) is 28.8 Å². The van der Waals surface area contributed by atoms with Crippen LogP contribution in [0.3, 0.4) is 0 Å². The zero-order valence-electron chi connectivity index (χ0n) is 13.1. The van der Waals surface area contributed by atoms with E-state index in [0.717, 1.165) is 37.1 Å². The van der Waals surface area contributed by atoms with Gasteiger partial charge < -0.3 is 19.2 Å². The molecule has 2 aromatic heterocycles. The summed E-state index contributed by atoms with van der Waals surface area (Å²) >= 11 is 1.60. The second-order valence-corrected chi connectivity index (χ2v) is 7.21. The van der Waals surface area contributed by atoms with E-state index in [9.17, 15) is 4.79 Å². The molecular formula is C16H20N4O2S. The van der Waals surface area contributed by atoms with E-state index >= 15 is 0 Å². The van der Waals surface area contributed by atoms with E-state index in [4.69, 9.17) is 4.42 Å². The topological polar surface area (TPSA) is 63.3 Å². The molecule has 0 bridgehead atoms. The Hall–Kier alpha value is -1.73. The minimum absolute atomic E-state index is 0.0210. The van der Waals surface area contributed by atoms with Gasteiger partial charge in [-0.25, -0.2) is 4.98 Å². The fraction of sp³-hybridized carbons (Fsp3) is 0.500. The van der Waals surface area contributed by atoms with Crippen LogP contribution in [0.25, 0.3) is 0 Å². The fourth-order valence-electron chi connectivity index (χ4n) is 3.37. The number of thioether (sulfide) groups is 1. The first-order chi connectivity index (χ1) is 11.2. The number of amides is 1. The number of furan rings is 1. The number of nitrogens with zero attached hydrogens (tertiary/aromatic N) is 3. The summed E-state index contributed by atoms with van der Waals surface area (Å²) in [6.45, 7) is 3.74. The number of carbonyl (C=O) groups excluding carboxylic acids is 1. The van der Waals surface area contributed by atoms with Gasteiger partial charge in [0.2, 0.25) is 0 Å². The molecule has 2 aromatic rings. The molecule has 0 unspecified atom stereocenters. The molecule has 1 N–H and O–H groups in total. The van der Waals surface area contributed by atoms with Gasteiger partial charge in [0.1, 0.15) is 5.76 Å². The average Bonchev–Trinajstić information content (AvgIpc) is 3.28. The van der Waals surface area contributed by atoms with Crippen LogP contribution in [0, 0.1) is 11.8 Å². The summed E-state index contributed by atoms with van der Waals surface area (Å²) in [4.78, 5) is 18.8. The van der Waals surface area contributed by atoms with Gasteiger partial charge in [0, 0.05) is 45.6 Å². The molecule has 1 amide bonds. The number of aryl methyl sites for hydroxylation is 1. The van der Waals surface area contributed by atoms with Crippen molar-refractivity contribution in [3.05, 3.63) is 36.0 Å². The summed E-state index contributed by atoms with van der Waals surface area (Å²) in [5.41, 5.74) is 0. The lowest BCUT2D eigenvalue weighted by Gasteiger charge is -2.15. The van der Waals surface area contributed by atoms with Crippen LogP contribution in [0.4, 0.5) is 0 Å². The number of likely N-dealkylation sites (tertiary alicyclic amines) is 1. The Kier molecular flexibility index (Phi) is 3.90. The van der Waals surface area contributed by atoms with Crippen molar-refractivity contribution < 1.29 is 9.21 Å². The monoisotopic (exact) mass is 332 g/mol. The summed E-state index contributed by atoms with van der Waals surface area (Å²) in [6, 6.07) is 3.69. The van der Waals surface area contributed by atoms with Gasteiger partial charge in [0.15, 0.2) is 10.9 Å². The molecule has 2 fully saturated rings. The van der Waals surface area contributed by atoms with E-state index in [1.165, 1.54) is 0 Å². The number of aromatic nitrogens is 2. The van der Waals surface area contributed by atoms with Crippen LogP contribution in [-0.2, 0) is 12.8 Å². The van der Waals surface area contributed by atoms with Crippen LogP contribution in [-0.4, -0.2) is 46.5 Å². The Morgan fingerprint density at radius 1 is 1.39 bits per heavy atom. The van der Waals surface area contributed by atoms with E-state index in [2.05, 4.69) is 10.3 Å². The third kappa shape index (κ3) is 2.90. The fourth-order valence-corrected chi connectivity index (χ4v) is 4.20. The van der Waals surface area contributed by atoms with Crippen molar-refractivity contribution >= 4 is 17.7 Å². The SMILES string of the molecule is Cn1ccnc1SCc1ccc(C(=O)N2C[C@H]3CNC[C@H]3C2)o1. The Morgan fingerprint density at radius 3 is 2.87 bits per heavy atom. The first-order valence-electron chi connectivity index (χ1n) is 7.89. The summed E-state index contributed by atoms with van der Waals surface area (Å²) in [5, 5.41) is 4.33. The van der Waals surface area contributed by atoms with Gasteiger partial charge in [-0.3, -0.25) is 4.79 Å². The zero-order valence-corrected chi connectivity index (χ0v) is 13.9. The maximum absolute atomic E-state index is 12.6. The van der Waals surface area contributed by atoms with Crippen molar-refractivity contribution in [3.63, 3.8) is 0 Å². The van der Waals surface area contributed by atoms with Gasteiger partial charge in [-0.1, -0.05) is 11.8 Å². The number of hydrogen-bond donors (Lipinski definition) is 1. The molecule has 23 heavy (non-hydrogen) atoms. The van der Waals surface area contributed by atoms with Gasteiger partial charge >= 0.3 is 0 Å². The molecule has 2 atom stereocenters. The standard InChI is InChI=1S/C16H20N4O2S/c1-19-5-4-18-16(19)23-10-13-2-3-14(22-13)15(21)20-8-11-6-17-7-12(11)9-20/h2-5,11-12,17H,6-10H2,1H3/t11-,12+. The Morgan fingerprint density at radius 2 is 2.17 bits per heavy atom. The Labute approximate surface area is 139 Å². The van der Waals surface area contributed by atoms with Crippen LogP contribution in [0.1, 0.15) is 16.3 Å². The molecule has 2 aliphatic heterocycles. The number of fused-ring (bicyclic) bond motifs is 1. The van der Waals surface area contributed by atoms with E-state index < -0.39 is 0 Å². The maximum Gasteiger partial charge on any atom is 0.289 e. The lowest BCUT2D eigenvalue weighted by molar-refractivity contribution is 0.0748. The van der Waals surface area contributed by atoms with E-state index in [-0.39, 0.29) is 5.91 Å². The molecule has 4 rings (SSSR count). The predicted molar refractivity (Wildman–Crippen MR) is 87.2 cm³/mol. The molecule has 0 spiro atoms. The highest BCUT2D eigenvalue weighted by Gasteiger charge is 2.38. The van der Waals surface area contributed by atoms with Crippen molar-refractivity contribution in [1.29, 1.82) is 0 Å². The van der Waals surface area contributed by atoms with Crippen molar-refractivity contribution in [3.8, 4) is 0 Å². The zero-order chi connectivity index (χ0) is 15.8. The highest BCUT2D eigenvalue weighted by atomic mass is 32.2.